The first kappa shape index (κ1) is 24.1. The molecule has 180 valence electrons. The fourth-order valence-corrected chi connectivity index (χ4v) is 6.97. The molecule has 4 amide bonds. The van der Waals surface area contributed by atoms with Crippen molar-refractivity contribution in [3.05, 3.63) is 39.4 Å². The molecule has 0 aromatic carbocycles. The number of nitrogens with one attached hydrogen (secondary N) is 2. The highest BCUT2D eigenvalue weighted by atomic mass is 32.2. The third-order valence-corrected chi connectivity index (χ3v) is 8.84. The van der Waals surface area contributed by atoms with E-state index in [2.05, 4.69) is 20.9 Å². The van der Waals surface area contributed by atoms with Gasteiger partial charge in [0, 0.05) is 23.4 Å². The Hall–Kier alpha value is -3.04. The van der Waals surface area contributed by atoms with Gasteiger partial charge >= 0.3 is 12.0 Å². The molecule has 0 spiro atoms. The molecule has 0 saturated carbocycles. The molecule has 34 heavy (non-hydrogen) atoms. The summed E-state index contributed by atoms with van der Waals surface area (Å²) in [4.78, 5) is 51.0. The monoisotopic (exact) mass is 523 g/mol. The maximum Gasteiger partial charge on any atom is 0.352 e. The number of nitrogens with zero attached hydrogens (tertiary/aromatic N) is 4. The minimum absolute atomic E-state index is 0.0652. The van der Waals surface area contributed by atoms with Crippen molar-refractivity contribution in [2.75, 3.05) is 11.5 Å². The van der Waals surface area contributed by atoms with E-state index in [1.165, 1.54) is 39.8 Å². The van der Waals surface area contributed by atoms with Crippen LogP contribution in [0.25, 0.3) is 0 Å². The Balaban J connectivity index is 1.49. The molecule has 5 N–H and O–H groups in total. The second kappa shape index (κ2) is 9.68. The van der Waals surface area contributed by atoms with Gasteiger partial charge in [-0.3, -0.25) is 14.5 Å². The highest BCUT2D eigenvalue weighted by molar-refractivity contribution is 8.01. The number of β-lactam (4-membered cyclic amide) rings is 1. The number of hydrogen-bond donors (Lipinski definition) is 4. The predicted molar refractivity (Wildman–Crippen MR) is 126 cm³/mol. The third kappa shape index (κ3) is 4.50. The second-order valence-corrected chi connectivity index (χ2v) is 10.6. The number of carboxylic acids is 1. The molecule has 1 saturated heterocycles. The van der Waals surface area contributed by atoms with Gasteiger partial charge in [0.05, 0.1) is 5.69 Å². The lowest BCUT2D eigenvalue weighted by Gasteiger charge is -2.49. The molecule has 2 unspecified atom stereocenters. The number of nitrogens with two attached hydrogens (primary N) is 1. The molecular weight excluding hydrogens is 502 g/mol. The lowest BCUT2D eigenvalue weighted by molar-refractivity contribution is -0.150. The van der Waals surface area contributed by atoms with E-state index in [0.717, 1.165) is 10.7 Å². The van der Waals surface area contributed by atoms with Crippen LogP contribution in [0.2, 0.25) is 0 Å². The fraction of sp³-hybridized carbons (Fsp3) is 0.368. The van der Waals surface area contributed by atoms with E-state index in [0.29, 0.717) is 22.0 Å². The summed E-state index contributed by atoms with van der Waals surface area (Å²) >= 11 is 4.03. The number of carbonyl (C=O) groups excluding carboxylic acids is 3. The number of carboxylic acid groups (broad SMARTS) is 1. The first-order valence-electron chi connectivity index (χ1n) is 9.97. The summed E-state index contributed by atoms with van der Waals surface area (Å²) < 4.78 is 1.62. The molecule has 1 fully saturated rings. The Morgan fingerprint density at radius 3 is 2.76 bits per heavy atom. The zero-order valence-corrected chi connectivity index (χ0v) is 20.5. The SMILES string of the molecule is Cc1nnn(C)c1SCC1=C(C(=O)O)N2C(=O)[C@@H](NC(=O)C(NC(N)=O)c3cccs3)C2SC1. The number of carbonyl (C=O) groups is 4. The van der Waals surface area contributed by atoms with Crippen molar-refractivity contribution < 1.29 is 24.3 Å². The molecule has 2 aromatic rings. The number of aryl methyl sites for hydroxylation is 2. The predicted octanol–water partition coefficient (Wildman–Crippen LogP) is 0.425. The van der Waals surface area contributed by atoms with Crippen LogP contribution in [-0.4, -0.2) is 71.7 Å². The van der Waals surface area contributed by atoms with Crippen molar-refractivity contribution in [3.8, 4) is 0 Å². The van der Waals surface area contributed by atoms with Crippen LogP contribution in [0.3, 0.4) is 0 Å². The number of thiophene rings is 1. The highest BCUT2D eigenvalue weighted by Gasteiger charge is 2.54. The van der Waals surface area contributed by atoms with E-state index in [4.69, 9.17) is 5.73 Å². The Morgan fingerprint density at radius 2 is 2.18 bits per heavy atom. The molecule has 4 heterocycles. The van der Waals surface area contributed by atoms with Crippen LogP contribution in [0.4, 0.5) is 4.79 Å². The first-order valence-corrected chi connectivity index (χ1v) is 12.9. The van der Waals surface area contributed by atoms with E-state index >= 15 is 0 Å². The van der Waals surface area contributed by atoms with E-state index in [-0.39, 0.29) is 5.70 Å². The lowest BCUT2D eigenvalue weighted by Crippen LogP contribution is -2.71. The molecule has 2 aliphatic rings. The number of rotatable bonds is 8. The largest absolute Gasteiger partial charge is 0.477 e. The standard InChI is InChI=1S/C19H21N7O5S3/c1-8-16(25(2)24-23-8)33-6-9-7-34-17-12(15(28)26(17)13(9)18(29)30)21-14(27)11(22-19(20)31)10-4-3-5-32-10/h3-5,11-12,17H,6-7H2,1-2H3,(H,21,27)(H,29,30)(H3,20,22,31)/t11?,12-,17?/m1/s1. The summed E-state index contributed by atoms with van der Waals surface area (Å²) in [6.45, 7) is 1.82. The van der Waals surface area contributed by atoms with Crippen molar-refractivity contribution in [2.45, 2.75) is 29.4 Å². The van der Waals surface area contributed by atoms with Gasteiger partial charge < -0.3 is 21.5 Å². The van der Waals surface area contributed by atoms with E-state index in [1.54, 1.807) is 29.2 Å². The van der Waals surface area contributed by atoms with Crippen molar-refractivity contribution >= 4 is 58.7 Å². The number of fused-ring (bicyclic) bond motifs is 1. The molecule has 0 radical (unpaired) electrons. The molecule has 2 aliphatic heterocycles. The van der Waals surface area contributed by atoms with Crippen molar-refractivity contribution in [1.29, 1.82) is 0 Å². The Kier molecular flexibility index (Phi) is 6.86. The van der Waals surface area contributed by atoms with Gasteiger partial charge in [-0.25, -0.2) is 14.3 Å². The van der Waals surface area contributed by atoms with Crippen LogP contribution >= 0.6 is 34.9 Å². The van der Waals surface area contributed by atoms with Crippen LogP contribution in [0.5, 0.6) is 0 Å². The van der Waals surface area contributed by atoms with Crippen molar-refractivity contribution in [1.82, 2.24) is 30.5 Å². The molecule has 15 heteroatoms. The summed E-state index contributed by atoms with van der Waals surface area (Å²) in [5.74, 6) is -1.58. The second-order valence-electron chi connectivity index (χ2n) is 7.50. The number of aliphatic carboxylic acids is 1. The van der Waals surface area contributed by atoms with Gasteiger partial charge in [-0.15, -0.1) is 40.0 Å². The van der Waals surface area contributed by atoms with Crippen LogP contribution in [0, 0.1) is 6.92 Å². The third-order valence-electron chi connectivity index (χ3n) is 5.24. The zero-order valence-electron chi connectivity index (χ0n) is 18.0. The minimum atomic E-state index is -1.20. The molecule has 0 aliphatic carbocycles. The van der Waals surface area contributed by atoms with Gasteiger partial charge in [0.2, 0.25) is 5.91 Å². The minimum Gasteiger partial charge on any atom is -0.477 e. The van der Waals surface area contributed by atoms with Gasteiger partial charge in [-0.05, 0) is 23.9 Å². The Morgan fingerprint density at radius 1 is 1.41 bits per heavy atom. The van der Waals surface area contributed by atoms with Gasteiger partial charge in [0.1, 0.15) is 28.2 Å². The van der Waals surface area contributed by atoms with Crippen LogP contribution in [0.15, 0.2) is 33.8 Å². The Bertz CT molecular complexity index is 1160. The Labute approximate surface area is 206 Å². The molecule has 2 aromatic heterocycles. The number of amides is 4. The highest BCUT2D eigenvalue weighted by Crippen LogP contribution is 2.42. The molecule has 0 bridgehead atoms. The van der Waals surface area contributed by atoms with Gasteiger partial charge in [0.25, 0.3) is 5.91 Å². The lowest BCUT2D eigenvalue weighted by atomic mass is 10.0. The quantitative estimate of drug-likeness (QED) is 0.283. The van der Waals surface area contributed by atoms with E-state index in [1.807, 2.05) is 6.92 Å². The van der Waals surface area contributed by atoms with Gasteiger partial charge in [-0.2, -0.15) is 0 Å². The summed E-state index contributed by atoms with van der Waals surface area (Å²) in [5, 5.41) is 24.8. The average Bonchev–Trinajstić information content (AvgIpc) is 3.43. The molecule has 4 rings (SSSR count). The van der Waals surface area contributed by atoms with Crippen LogP contribution in [-0.2, 0) is 21.4 Å². The smallest absolute Gasteiger partial charge is 0.352 e. The number of thioether (sulfide) groups is 2. The first-order chi connectivity index (χ1) is 16.2. The van der Waals surface area contributed by atoms with Crippen LogP contribution in [0.1, 0.15) is 16.6 Å². The number of urea groups is 1. The number of primary amides is 1. The fourth-order valence-electron chi connectivity index (χ4n) is 3.70. The summed E-state index contributed by atoms with van der Waals surface area (Å²) in [6, 6.07) is 0.554. The number of aromatic nitrogens is 3. The summed E-state index contributed by atoms with van der Waals surface area (Å²) in [5.41, 5.74) is 6.48. The van der Waals surface area contributed by atoms with Gasteiger partial charge in [-0.1, -0.05) is 11.3 Å². The normalized spacial score (nSPS) is 20.4. The summed E-state index contributed by atoms with van der Waals surface area (Å²) in [7, 11) is 1.75. The number of hydrogen-bond acceptors (Lipinski definition) is 9. The molecule has 12 nitrogen and oxygen atoms in total. The molecule has 3 atom stereocenters. The zero-order chi connectivity index (χ0) is 24.6. The molecular formula is C19H21N7O5S3. The van der Waals surface area contributed by atoms with E-state index in [9.17, 15) is 24.3 Å². The average molecular weight is 524 g/mol. The van der Waals surface area contributed by atoms with Crippen molar-refractivity contribution in [3.63, 3.8) is 0 Å². The van der Waals surface area contributed by atoms with E-state index < -0.39 is 41.3 Å². The maximum absolute atomic E-state index is 12.9. The topological polar surface area (TPSA) is 173 Å². The maximum atomic E-state index is 12.9. The van der Waals surface area contributed by atoms with Crippen LogP contribution < -0.4 is 16.4 Å². The summed E-state index contributed by atoms with van der Waals surface area (Å²) in [6.07, 6.45) is 0. The van der Waals surface area contributed by atoms with Gasteiger partial charge in [0.15, 0.2) is 0 Å². The van der Waals surface area contributed by atoms with Crippen molar-refractivity contribution in [2.24, 2.45) is 12.8 Å².